The smallest absolute Gasteiger partial charge is 0.310 e. The van der Waals surface area contributed by atoms with Gasteiger partial charge in [0.05, 0.1) is 11.8 Å². The summed E-state index contributed by atoms with van der Waals surface area (Å²) in [7, 11) is 0. The first-order valence-corrected chi connectivity index (χ1v) is 7.52. The van der Waals surface area contributed by atoms with E-state index in [0.717, 1.165) is 6.54 Å². The van der Waals surface area contributed by atoms with Crippen LogP contribution in [0.25, 0.3) is 0 Å². The van der Waals surface area contributed by atoms with Crippen LogP contribution >= 0.6 is 0 Å². The van der Waals surface area contributed by atoms with Gasteiger partial charge in [0.1, 0.15) is 0 Å². The number of carboxylic acids is 1. The quantitative estimate of drug-likeness (QED) is 0.718. The third-order valence-corrected chi connectivity index (χ3v) is 4.49. The van der Waals surface area contributed by atoms with Gasteiger partial charge in [0, 0.05) is 25.6 Å². The maximum Gasteiger partial charge on any atom is 0.310 e. The molecule has 2 fully saturated rings. The molecule has 0 aromatic heterocycles. The Bertz CT molecular complexity index is 498. The molecule has 1 saturated heterocycles. The molecule has 0 spiro atoms. The summed E-state index contributed by atoms with van der Waals surface area (Å²) in [6.45, 7) is 1.28. The fourth-order valence-corrected chi connectivity index (χ4v) is 3.03. The Hall–Kier alpha value is -1.85. The topological polar surface area (TPSA) is 86.7 Å². The fourth-order valence-electron chi connectivity index (χ4n) is 3.03. The first kappa shape index (κ1) is 14.1. The standard InChI is InChI=1S/C15H20N2O4/c18-13-6-11(8-17(13)7-9-1-2-9)14(19)16-12-4-3-10(5-12)15(20)21/h3-4,9-12H,1-2,5-8H2,(H,16,19)(H,20,21). The third-order valence-electron chi connectivity index (χ3n) is 4.49. The number of carboxylic acid groups (broad SMARTS) is 1. The van der Waals surface area contributed by atoms with Gasteiger partial charge in [-0.25, -0.2) is 0 Å². The maximum atomic E-state index is 12.2. The zero-order valence-electron chi connectivity index (χ0n) is 11.8. The number of aliphatic carboxylic acids is 1. The average molecular weight is 292 g/mol. The monoisotopic (exact) mass is 292 g/mol. The molecule has 0 aromatic rings. The van der Waals surface area contributed by atoms with Gasteiger partial charge in [-0.1, -0.05) is 12.2 Å². The molecule has 0 radical (unpaired) electrons. The highest BCUT2D eigenvalue weighted by atomic mass is 16.4. The fraction of sp³-hybridized carbons (Fsp3) is 0.667. The summed E-state index contributed by atoms with van der Waals surface area (Å²) in [4.78, 5) is 36.8. The summed E-state index contributed by atoms with van der Waals surface area (Å²) < 4.78 is 0. The van der Waals surface area contributed by atoms with Gasteiger partial charge in [-0.2, -0.15) is 0 Å². The minimum Gasteiger partial charge on any atom is -0.481 e. The predicted octanol–water partition coefficient (Wildman–Crippen LogP) is 0.390. The Morgan fingerprint density at radius 3 is 2.71 bits per heavy atom. The van der Waals surface area contributed by atoms with E-state index in [0.29, 0.717) is 18.9 Å². The molecule has 3 aliphatic rings. The number of nitrogens with zero attached hydrogens (tertiary/aromatic N) is 1. The summed E-state index contributed by atoms with van der Waals surface area (Å²) in [5, 5.41) is 11.8. The zero-order chi connectivity index (χ0) is 15.0. The first-order valence-electron chi connectivity index (χ1n) is 7.52. The van der Waals surface area contributed by atoms with Crippen LogP contribution in [0.1, 0.15) is 25.7 Å². The van der Waals surface area contributed by atoms with Gasteiger partial charge in [0.25, 0.3) is 0 Å². The van der Waals surface area contributed by atoms with Crippen LogP contribution in [-0.4, -0.2) is 46.9 Å². The van der Waals surface area contributed by atoms with Gasteiger partial charge in [-0.05, 0) is 25.2 Å². The number of hydrogen-bond donors (Lipinski definition) is 2. The van der Waals surface area contributed by atoms with Crippen LogP contribution in [-0.2, 0) is 14.4 Å². The van der Waals surface area contributed by atoms with E-state index >= 15 is 0 Å². The minimum absolute atomic E-state index is 0.0624. The lowest BCUT2D eigenvalue weighted by atomic mass is 10.1. The van der Waals surface area contributed by atoms with E-state index in [1.807, 2.05) is 0 Å². The van der Waals surface area contributed by atoms with E-state index in [9.17, 15) is 14.4 Å². The van der Waals surface area contributed by atoms with E-state index in [-0.39, 0.29) is 30.2 Å². The van der Waals surface area contributed by atoms with Crippen molar-refractivity contribution >= 4 is 17.8 Å². The Morgan fingerprint density at radius 1 is 1.33 bits per heavy atom. The molecule has 114 valence electrons. The first-order chi connectivity index (χ1) is 10.0. The Labute approximate surface area is 123 Å². The van der Waals surface area contributed by atoms with Crippen LogP contribution in [0.5, 0.6) is 0 Å². The number of hydrogen-bond acceptors (Lipinski definition) is 3. The lowest BCUT2D eigenvalue weighted by Crippen LogP contribution is -2.39. The molecule has 0 aromatic carbocycles. The molecule has 3 rings (SSSR count). The van der Waals surface area contributed by atoms with Crippen molar-refractivity contribution < 1.29 is 19.5 Å². The largest absolute Gasteiger partial charge is 0.481 e. The second kappa shape index (κ2) is 5.50. The van der Waals surface area contributed by atoms with Crippen molar-refractivity contribution in [1.82, 2.24) is 10.2 Å². The number of likely N-dealkylation sites (tertiary alicyclic amines) is 1. The number of amides is 2. The van der Waals surface area contributed by atoms with E-state index in [1.54, 1.807) is 17.1 Å². The normalized spacial score (nSPS) is 31.7. The second-order valence-electron chi connectivity index (χ2n) is 6.32. The van der Waals surface area contributed by atoms with Crippen molar-refractivity contribution in [3.05, 3.63) is 12.2 Å². The molecular formula is C15H20N2O4. The predicted molar refractivity (Wildman–Crippen MR) is 74.2 cm³/mol. The zero-order valence-corrected chi connectivity index (χ0v) is 11.8. The molecule has 1 heterocycles. The van der Waals surface area contributed by atoms with Crippen molar-refractivity contribution in [2.24, 2.45) is 17.8 Å². The van der Waals surface area contributed by atoms with Crippen LogP contribution in [0.2, 0.25) is 0 Å². The summed E-state index contributed by atoms with van der Waals surface area (Å²) in [6.07, 6.45) is 6.39. The minimum atomic E-state index is -0.866. The molecule has 1 saturated carbocycles. The van der Waals surface area contributed by atoms with Crippen LogP contribution in [0, 0.1) is 17.8 Å². The molecule has 6 nitrogen and oxygen atoms in total. The highest BCUT2D eigenvalue weighted by Gasteiger charge is 2.38. The van der Waals surface area contributed by atoms with Gasteiger partial charge in [0.2, 0.25) is 11.8 Å². The van der Waals surface area contributed by atoms with Crippen molar-refractivity contribution in [3.8, 4) is 0 Å². The Morgan fingerprint density at radius 2 is 2.10 bits per heavy atom. The van der Waals surface area contributed by atoms with Gasteiger partial charge in [-0.15, -0.1) is 0 Å². The molecule has 21 heavy (non-hydrogen) atoms. The van der Waals surface area contributed by atoms with Crippen LogP contribution in [0.3, 0.4) is 0 Å². The van der Waals surface area contributed by atoms with E-state index in [4.69, 9.17) is 5.11 Å². The maximum absolute atomic E-state index is 12.2. The van der Waals surface area contributed by atoms with Crippen molar-refractivity contribution in [2.45, 2.75) is 31.7 Å². The SMILES string of the molecule is O=C(O)C1C=CC(NC(=O)C2CC(=O)N(CC3CC3)C2)C1. The number of rotatable bonds is 5. The molecular weight excluding hydrogens is 272 g/mol. The van der Waals surface area contributed by atoms with Crippen LogP contribution < -0.4 is 5.32 Å². The van der Waals surface area contributed by atoms with Gasteiger partial charge in [0.15, 0.2) is 0 Å². The molecule has 2 amide bonds. The van der Waals surface area contributed by atoms with Gasteiger partial charge < -0.3 is 15.3 Å². The van der Waals surface area contributed by atoms with E-state index in [1.165, 1.54) is 12.8 Å². The lowest BCUT2D eigenvalue weighted by molar-refractivity contribution is -0.140. The highest BCUT2D eigenvalue weighted by Crippen LogP contribution is 2.32. The summed E-state index contributed by atoms with van der Waals surface area (Å²) in [5.74, 6) is -1.13. The second-order valence-corrected chi connectivity index (χ2v) is 6.32. The Kier molecular flexibility index (Phi) is 3.69. The number of nitrogens with one attached hydrogen (secondary N) is 1. The third kappa shape index (κ3) is 3.25. The van der Waals surface area contributed by atoms with Crippen LogP contribution in [0.15, 0.2) is 12.2 Å². The average Bonchev–Trinajstić information content (AvgIpc) is 2.98. The summed E-state index contributed by atoms with van der Waals surface area (Å²) in [6, 6.07) is -0.230. The van der Waals surface area contributed by atoms with E-state index in [2.05, 4.69) is 5.32 Å². The highest BCUT2D eigenvalue weighted by molar-refractivity contribution is 5.89. The van der Waals surface area contributed by atoms with Gasteiger partial charge in [-0.3, -0.25) is 14.4 Å². The van der Waals surface area contributed by atoms with Crippen molar-refractivity contribution in [2.75, 3.05) is 13.1 Å². The molecule has 6 heteroatoms. The summed E-state index contributed by atoms with van der Waals surface area (Å²) in [5.41, 5.74) is 0. The molecule has 1 aliphatic heterocycles. The van der Waals surface area contributed by atoms with Gasteiger partial charge >= 0.3 is 5.97 Å². The Balaban J connectivity index is 1.49. The molecule has 3 unspecified atom stereocenters. The van der Waals surface area contributed by atoms with Crippen molar-refractivity contribution in [3.63, 3.8) is 0 Å². The summed E-state index contributed by atoms with van der Waals surface area (Å²) >= 11 is 0. The molecule has 3 atom stereocenters. The van der Waals surface area contributed by atoms with Crippen LogP contribution in [0.4, 0.5) is 0 Å². The molecule has 2 N–H and O–H groups in total. The number of carbonyl (C=O) groups is 3. The molecule has 0 bridgehead atoms. The van der Waals surface area contributed by atoms with Crippen molar-refractivity contribution in [1.29, 1.82) is 0 Å². The molecule has 2 aliphatic carbocycles. The van der Waals surface area contributed by atoms with E-state index < -0.39 is 11.9 Å². The number of carbonyl (C=O) groups excluding carboxylic acids is 2. The lowest BCUT2D eigenvalue weighted by Gasteiger charge is -2.17.